The Bertz CT molecular complexity index is 482. The van der Waals surface area contributed by atoms with Crippen molar-refractivity contribution in [2.24, 2.45) is 7.05 Å². The third-order valence-corrected chi connectivity index (χ3v) is 1.77. The molecule has 2 aromatic rings. The van der Waals surface area contributed by atoms with Gasteiger partial charge in [0.05, 0.1) is 7.05 Å². The van der Waals surface area contributed by atoms with E-state index in [9.17, 15) is 4.79 Å². The van der Waals surface area contributed by atoms with Crippen LogP contribution in [0.25, 0.3) is 11.2 Å². The fourth-order valence-electron chi connectivity index (χ4n) is 1.09. The van der Waals surface area contributed by atoms with E-state index in [0.717, 1.165) is 0 Å². The minimum atomic E-state index is -0.252. The number of aryl methyl sites for hydroxylation is 1. The minimum Gasteiger partial charge on any atom is -0.326 e. The molecule has 0 radical (unpaired) electrons. The van der Waals surface area contributed by atoms with E-state index in [2.05, 4.69) is 15.0 Å². The lowest BCUT2D eigenvalue weighted by Gasteiger charge is -1.94. The van der Waals surface area contributed by atoms with Gasteiger partial charge in [-0.15, -0.1) is 4.98 Å². The molecule has 0 atom stereocenters. The molecule has 0 saturated heterocycles. The highest BCUT2D eigenvalue weighted by Crippen LogP contribution is 1.96. The smallest absolute Gasteiger partial charge is 0.322 e. The Morgan fingerprint density at radius 1 is 1.67 bits per heavy atom. The Hall–Kier alpha value is -1.85. The van der Waals surface area contributed by atoms with E-state index in [0.29, 0.717) is 17.1 Å². The molecule has 0 bridgehead atoms. The molecule has 4 N–H and O–H groups in total. The van der Waals surface area contributed by atoms with E-state index < -0.39 is 0 Å². The summed E-state index contributed by atoms with van der Waals surface area (Å²) in [6, 6.07) is 0. The van der Waals surface area contributed by atoms with Crippen LogP contribution in [-0.2, 0) is 7.05 Å². The topological polar surface area (TPSA) is 91.4 Å². The van der Waals surface area contributed by atoms with E-state index >= 15 is 0 Å². The van der Waals surface area contributed by atoms with Crippen LogP contribution in [0, 0.1) is 0 Å². The number of rotatable bonds is 0. The van der Waals surface area contributed by atoms with Gasteiger partial charge in [0, 0.05) is 0 Å². The van der Waals surface area contributed by atoms with Crippen LogP contribution in [0.3, 0.4) is 0 Å². The fraction of sp³-hybridized carbons (Fsp3) is 0.167. The van der Waals surface area contributed by atoms with E-state index in [1.165, 1.54) is 6.33 Å². The van der Waals surface area contributed by atoms with Crippen molar-refractivity contribution in [1.82, 2.24) is 15.0 Å². The maximum absolute atomic E-state index is 11.2. The molecule has 12 heavy (non-hydrogen) atoms. The summed E-state index contributed by atoms with van der Waals surface area (Å²) in [6.07, 6.45) is 1.46. The highest BCUT2D eigenvalue weighted by molar-refractivity contribution is 5.65. The van der Waals surface area contributed by atoms with Crippen molar-refractivity contribution in [3.8, 4) is 0 Å². The molecule has 0 amide bonds. The molecule has 0 unspecified atom stereocenters. The van der Waals surface area contributed by atoms with Crippen molar-refractivity contribution in [1.29, 1.82) is 0 Å². The SMILES string of the molecule is C[n+]1c(N)[nH]c(=O)c2[nH]cnc21. The van der Waals surface area contributed by atoms with Gasteiger partial charge in [-0.25, -0.2) is 9.55 Å². The van der Waals surface area contributed by atoms with Crippen molar-refractivity contribution in [2.45, 2.75) is 0 Å². The number of aromatic nitrogens is 4. The monoisotopic (exact) mass is 166 g/mol. The van der Waals surface area contributed by atoms with E-state index in [1.54, 1.807) is 11.6 Å². The Kier molecular flexibility index (Phi) is 1.18. The maximum Gasteiger partial charge on any atom is 0.322 e. The summed E-state index contributed by atoms with van der Waals surface area (Å²) in [4.78, 5) is 20.3. The molecule has 6 nitrogen and oxygen atoms in total. The van der Waals surface area contributed by atoms with Crippen LogP contribution in [0.15, 0.2) is 11.1 Å². The molecule has 0 aliphatic carbocycles. The molecule has 6 heteroatoms. The molecule has 2 rings (SSSR count). The second-order valence-electron chi connectivity index (χ2n) is 2.50. The predicted molar refractivity (Wildman–Crippen MR) is 42.3 cm³/mol. The van der Waals surface area contributed by atoms with Crippen LogP contribution in [0.1, 0.15) is 0 Å². The zero-order valence-corrected chi connectivity index (χ0v) is 6.46. The number of H-pyrrole nitrogens is 2. The fourth-order valence-corrected chi connectivity index (χ4v) is 1.09. The summed E-state index contributed by atoms with van der Waals surface area (Å²) in [5.74, 6) is 0.291. The largest absolute Gasteiger partial charge is 0.326 e. The highest BCUT2D eigenvalue weighted by Gasteiger charge is 2.11. The van der Waals surface area contributed by atoms with Crippen molar-refractivity contribution < 1.29 is 4.57 Å². The molecule has 0 fully saturated rings. The van der Waals surface area contributed by atoms with Gasteiger partial charge in [0.25, 0.3) is 5.65 Å². The Morgan fingerprint density at radius 2 is 2.42 bits per heavy atom. The van der Waals surface area contributed by atoms with E-state index in [-0.39, 0.29) is 5.56 Å². The number of aromatic amines is 2. The molecule has 0 aliphatic heterocycles. The number of hydrogen-bond acceptors (Lipinski definition) is 3. The number of anilines is 1. The summed E-state index contributed by atoms with van der Waals surface area (Å²) >= 11 is 0. The molecular formula is C6H8N5O+. The lowest BCUT2D eigenvalue weighted by atomic mass is 10.5. The predicted octanol–water partition coefficient (Wildman–Crippen LogP) is -1.34. The number of imidazole rings is 1. The first-order valence-electron chi connectivity index (χ1n) is 3.41. The lowest BCUT2D eigenvalue weighted by Crippen LogP contribution is -2.37. The number of hydrogen-bond donors (Lipinski definition) is 3. The molecule has 62 valence electrons. The summed E-state index contributed by atoms with van der Waals surface area (Å²) in [7, 11) is 1.73. The second kappa shape index (κ2) is 2.07. The Balaban J connectivity index is 3.07. The first-order chi connectivity index (χ1) is 5.70. The van der Waals surface area contributed by atoms with Gasteiger partial charge < -0.3 is 10.7 Å². The molecular weight excluding hydrogens is 158 g/mol. The van der Waals surface area contributed by atoms with Crippen LogP contribution in [-0.4, -0.2) is 15.0 Å². The lowest BCUT2D eigenvalue weighted by molar-refractivity contribution is -0.634. The summed E-state index contributed by atoms with van der Waals surface area (Å²) < 4.78 is 1.60. The van der Waals surface area contributed by atoms with E-state index in [4.69, 9.17) is 5.73 Å². The second-order valence-corrected chi connectivity index (χ2v) is 2.50. The Labute approximate surface area is 67.1 Å². The zero-order valence-electron chi connectivity index (χ0n) is 6.46. The standard InChI is InChI=1S/C6H7N5O/c1-11-4-3(8-2-9-4)5(12)10-6(11)7/h2H,1H3,(H3,7,8,9,10,12)/p+1. The van der Waals surface area contributed by atoms with Gasteiger partial charge in [-0.3, -0.25) is 4.79 Å². The van der Waals surface area contributed by atoms with E-state index in [1.807, 2.05) is 0 Å². The molecule has 0 saturated carbocycles. The van der Waals surface area contributed by atoms with Gasteiger partial charge in [-0.05, 0) is 0 Å². The number of fused-ring (bicyclic) bond motifs is 1. The van der Waals surface area contributed by atoms with Crippen LogP contribution in [0.2, 0.25) is 0 Å². The first kappa shape index (κ1) is 6.84. The summed E-state index contributed by atoms with van der Waals surface area (Å²) in [6.45, 7) is 0. The van der Waals surface area contributed by atoms with Gasteiger partial charge in [-0.2, -0.15) is 0 Å². The highest BCUT2D eigenvalue weighted by atomic mass is 16.1. The zero-order chi connectivity index (χ0) is 8.72. The quantitative estimate of drug-likeness (QED) is 0.423. The van der Waals surface area contributed by atoms with Gasteiger partial charge in [0.2, 0.25) is 0 Å². The van der Waals surface area contributed by atoms with Gasteiger partial charge in [-0.1, -0.05) is 0 Å². The molecule has 2 heterocycles. The molecule has 0 aliphatic rings. The minimum absolute atomic E-state index is 0.252. The van der Waals surface area contributed by atoms with Crippen LogP contribution in [0.5, 0.6) is 0 Å². The first-order valence-corrected chi connectivity index (χ1v) is 3.41. The maximum atomic E-state index is 11.2. The van der Waals surface area contributed by atoms with Crippen molar-refractivity contribution in [3.05, 3.63) is 16.7 Å². The van der Waals surface area contributed by atoms with Gasteiger partial charge in [0.15, 0.2) is 11.8 Å². The number of nitrogen functional groups attached to an aromatic ring is 1. The van der Waals surface area contributed by atoms with Crippen molar-refractivity contribution in [2.75, 3.05) is 5.73 Å². The average molecular weight is 166 g/mol. The van der Waals surface area contributed by atoms with Crippen molar-refractivity contribution in [3.63, 3.8) is 0 Å². The van der Waals surface area contributed by atoms with Crippen molar-refractivity contribution >= 4 is 17.1 Å². The number of nitrogens with two attached hydrogens (primary N) is 1. The van der Waals surface area contributed by atoms with Gasteiger partial charge in [0.1, 0.15) is 0 Å². The number of nitrogens with zero attached hydrogens (tertiary/aromatic N) is 2. The average Bonchev–Trinajstić information content (AvgIpc) is 2.48. The van der Waals surface area contributed by atoms with Crippen LogP contribution < -0.4 is 15.9 Å². The Morgan fingerprint density at radius 3 is 3.17 bits per heavy atom. The third-order valence-electron chi connectivity index (χ3n) is 1.77. The summed E-state index contributed by atoms with van der Waals surface area (Å²) in [5.41, 5.74) is 6.24. The normalized spacial score (nSPS) is 10.8. The summed E-state index contributed by atoms with van der Waals surface area (Å²) in [5, 5.41) is 0. The van der Waals surface area contributed by atoms with Crippen LogP contribution in [0.4, 0.5) is 5.95 Å². The third kappa shape index (κ3) is 0.714. The molecule has 2 aromatic heterocycles. The number of nitrogens with one attached hydrogen (secondary N) is 2. The molecule has 0 spiro atoms. The van der Waals surface area contributed by atoms with Crippen LogP contribution >= 0.6 is 0 Å². The van der Waals surface area contributed by atoms with Gasteiger partial charge >= 0.3 is 11.5 Å². The molecule has 0 aromatic carbocycles.